The molecule has 0 bridgehead atoms. The van der Waals surface area contributed by atoms with E-state index >= 15 is 0 Å². The number of aromatic nitrogens is 3. The summed E-state index contributed by atoms with van der Waals surface area (Å²) in [6.07, 6.45) is 3.22. The van der Waals surface area contributed by atoms with Crippen molar-refractivity contribution in [2.24, 2.45) is 0 Å². The van der Waals surface area contributed by atoms with Gasteiger partial charge in [0.2, 0.25) is 10.0 Å². The van der Waals surface area contributed by atoms with Crippen LogP contribution in [0.15, 0.2) is 29.4 Å². The first-order chi connectivity index (χ1) is 10.9. The Balaban J connectivity index is 1.76. The Bertz CT molecular complexity index is 811. The molecule has 1 aromatic heterocycles. The third-order valence-corrected chi connectivity index (χ3v) is 6.65. The van der Waals surface area contributed by atoms with Crippen LogP contribution in [-0.2, 0) is 10.0 Å². The van der Waals surface area contributed by atoms with E-state index in [-0.39, 0.29) is 6.04 Å². The molecule has 0 N–H and O–H groups in total. The molecule has 124 valence electrons. The maximum absolute atomic E-state index is 12.8. The molecule has 23 heavy (non-hydrogen) atoms. The van der Waals surface area contributed by atoms with Gasteiger partial charge >= 0.3 is 0 Å². The minimum atomic E-state index is -3.47. The first-order valence-corrected chi connectivity index (χ1v) is 9.34. The molecule has 0 spiro atoms. The minimum Gasteiger partial charge on any atom is -0.315 e. The summed E-state index contributed by atoms with van der Waals surface area (Å²) in [4.78, 5) is 0.304. The predicted molar refractivity (Wildman–Crippen MR) is 88.0 cm³/mol. The fourth-order valence-electron chi connectivity index (χ4n) is 2.95. The number of aryl methyl sites for hydroxylation is 2. The summed E-state index contributed by atoms with van der Waals surface area (Å²) in [5.74, 6) is 0.861. The van der Waals surface area contributed by atoms with Gasteiger partial charge in [-0.05, 0) is 50.5 Å². The molecular formula is C15H19ClN4O2S. The Morgan fingerprint density at radius 3 is 2.48 bits per heavy atom. The van der Waals surface area contributed by atoms with Crippen LogP contribution in [0.3, 0.4) is 0 Å². The Morgan fingerprint density at radius 2 is 1.91 bits per heavy atom. The van der Waals surface area contributed by atoms with E-state index in [1.807, 2.05) is 18.4 Å². The smallest absolute Gasteiger partial charge is 0.243 e. The number of benzene rings is 1. The molecule has 0 saturated carbocycles. The number of nitrogens with zero attached hydrogens (tertiary/aromatic N) is 4. The maximum atomic E-state index is 12.8. The second kappa shape index (κ2) is 6.22. The second-order valence-electron chi connectivity index (χ2n) is 5.83. The molecule has 1 aliphatic rings. The average Bonchev–Trinajstić information content (AvgIpc) is 2.96. The molecule has 8 heteroatoms. The summed E-state index contributed by atoms with van der Waals surface area (Å²) >= 11 is 5.98. The summed E-state index contributed by atoms with van der Waals surface area (Å²) in [6.45, 7) is 4.70. The van der Waals surface area contributed by atoms with E-state index in [0.29, 0.717) is 23.0 Å². The van der Waals surface area contributed by atoms with Crippen LogP contribution in [-0.4, -0.2) is 40.6 Å². The van der Waals surface area contributed by atoms with Crippen LogP contribution in [0.1, 0.15) is 30.3 Å². The molecule has 1 fully saturated rings. The van der Waals surface area contributed by atoms with Crippen molar-refractivity contribution in [3.05, 3.63) is 40.9 Å². The summed E-state index contributed by atoms with van der Waals surface area (Å²) in [7, 11) is -3.47. The van der Waals surface area contributed by atoms with E-state index in [9.17, 15) is 8.42 Å². The fourth-order valence-corrected chi connectivity index (χ4v) is 4.62. The standard InChI is InChI=1S/C15H19ClN4O2S/c1-11-9-14(3-4-15(11)16)23(21,22)19-7-5-13(6-8-19)20-10-17-18-12(20)2/h3-4,9-10,13H,5-8H2,1-2H3. The molecule has 0 atom stereocenters. The molecule has 1 saturated heterocycles. The molecule has 3 rings (SSSR count). The zero-order chi connectivity index (χ0) is 16.6. The summed E-state index contributed by atoms with van der Waals surface area (Å²) in [5.41, 5.74) is 0.766. The van der Waals surface area contributed by atoms with Gasteiger partial charge in [0.1, 0.15) is 12.2 Å². The van der Waals surface area contributed by atoms with Crippen LogP contribution in [0.2, 0.25) is 5.02 Å². The first-order valence-electron chi connectivity index (χ1n) is 7.52. The van der Waals surface area contributed by atoms with Crippen molar-refractivity contribution >= 4 is 21.6 Å². The third-order valence-electron chi connectivity index (χ3n) is 4.34. The van der Waals surface area contributed by atoms with Gasteiger partial charge in [0.25, 0.3) is 0 Å². The number of hydrogen-bond acceptors (Lipinski definition) is 4. The molecular weight excluding hydrogens is 336 g/mol. The fraction of sp³-hybridized carbons (Fsp3) is 0.467. The van der Waals surface area contributed by atoms with E-state index < -0.39 is 10.0 Å². The van der Waals surface area contributed by atoms with Crippen LogP contribution in [0.5, 0.6) is 0 Å². The van der Waals surface area contributed by atoms with Crippen molar-refractivity contribution < 1.29 is 8.42 Å². The highest BCUT2D eigenvalue weighted by molar-refractivity contribution is 7.89. The predicted octanol–water partition coefficient (Wildman–Crippen LogP) is 2.57. The first kappa shape index (κ1) is 16.4. The van der Waals surface area contributed by atoms with Crippen molar-refractivity contribution in [1.29, 1.82) is 0 Å². The van der Waals surface area contributed by atoms with Gasteiger partial charge in [-0.15, -0.1) is 10.2 Å². The highest BCUT2D eigenvalue weighted by Crippen LogP contribution is 2.28. The molecule has 0 amide bonds. The molecule has 1 aromatic carbocycles. The molecule has 6 nitrogen and oxygen atoms in total. The van der Waals surface area contributed by atoms with E-state index in [4.69, 9.17) is 11.6 Å². The number of hydrogen-bond donors (Lipinski definition) is 0. The van der Waals surface area contributed by atoms with Crippen molar-refractivity contribution in [2.75, 3.05) is 13.1 Å². The third kappa shape index (κ3) is 3.13. The lowest BCUT2D eigenvalue weighted by Crippen LogP contribution is -2.39. The monoisotopic (exact) mass is 354 g/mol. The summed E-state index contributed by atoms with van der Waals surface area (Å²) in [5, 5.41) is 8.47. The van der Waals surface area contributed by atoms with Gasteiger partial charge in [0.05, 0.1) is 4.90 Å². The zero-order valence-electron chi connectivity index (χ0n) is 13.1. The van der Waals surface area contributed by atoms with Gasteiger partial charge in [-0.25, -0.2) is 8.42 Å². The normalized spacial score (nSPS) is 17.5. The van der Waals surface area contributed by atoms with Crippen molar-refractivity contribution in [2.45, 2.75) is 37.6 Å². The van der Waals surface area contributed by atoms with E-state index in [1.54, 1.807) is 28.8 Å². The maximum Gasteiger partial charge on any atom is 0.243 e. The Morgan fingerprint density at radius 1 is 1.22 bits per heavy atom. The number of piperidine rings is 1. The van der Waals surface area contributed by atoms with Gasteiger partial charge in [0, 0.05) is 24.2 Å². The van der Waals surface area contributed by atoms with Gasteiger partial charge in [-0.2, -0.15) is 4.31 Å². The molecule has 0 radical (unpaired) electrons. The molecule has 0 aliphatic carbocycles. The van der Waals surface area contributed by atoms with Crippen LogP contribution >= 0.6 is 11.6 Å². The SMILES string of the molecule is Cc1cc(S(=O)(=O)N2CCC(n3cnnc3C)CC2)ccc1Cl. The highest BCUT2D eigenvalue weighted by Gasteiger charge is 2.30. The second-order valence-corrected chi connectivity index (χ2v) is 8.18. The molecule has 2 aromatic rings. The lowest BCUT2D eigenvalue weighted by atomic mass is 10.1. The summed E-state index contributed by atoms with van der Waals surface area (Å²) < 4.78 is 29.1. The van der Waals surface area contributed by atoms with Crippen molar-refractivity contribution in [1.82, 2.24) is 19.1 Å². The summed E-state index contributed by atoms with van der Waals surface area (Å²) in [6, 6.07) is 5.09. The number of sulfonamides is 1. The minimum absolute atomic E-state index is 0.253. The van der Waals surface area contributed by atoms with Gasteiger partial charge < -0.3 is 4.57 Å². The van der Waals surface area contributed by atoms with E-state index in [1.165, 1.54) is 0 Å². The molecule has 0 unspecified atom stereocenters. The Labute approximate surface area is 141 Å². The Hall–Kier alpha value is -1.44. The lowest BCUT2D eigenvalue weighted by molar-refractivity contribution is 0.271. The van der Waals surface area contributed by atoms with Crippen LogP contribution < -0.4 is 0 Å². The largest absolute Gasteiger partial charge is 0.315 e. The molecule has 2 heterocycles. The highest BCUT2D eigenvalue weighted by atomic mass is 35.5. The van der Waals surface area contributed by atoms with Crippen LogP contribution in [0, 0.1) is 13.8 Å². The number of halogens is 1. The van der Waals surface area contributed by atoms with Gasteiger partial charge in [-0.3, -0.25) is 0 Å². The number of rotatable bonds is 3. The lowest BCUT2D eigenvalue weighted by Gasteiger charge is -2.32. The topological polar surface area (TPSA) is 68.1 Å². The van der Waals surface area contributed by atoms with E-state index in [2.05, 4.69) is 10.2 Å². The quantitative estimate of drug-likeness (QED) is 0.849. The van der Waals surface area contributed by atoms with Crippen molar-refractivity contribution in [3.63, 3.8) is 0 Å². The zero-order valence-corrected chi connectivity index (χ0v) is 14.7. The average molecular weight is 355 g/mol. The van der Waals surface area contributed by atoms with Crippen LogP contribution in [0.4, 0.5) is 0 Å². The molecule has 1 aliphatic heterocycles. The van der Waals surface area contributed by atoms with Gasteiger partial charge in [0.15, 0.2) is 0 Å². The Kier molecular flexibility index (Phi) is 4.44. The van der Waals surface area contributed by atoms with Crippen molar-refractivity contribution in [3.8, 4) is 0 Å². The van der Waals surface area contributed by atoms with E-state index in [0.717, 1.165) is 24.2 Å². The van der Waals surface area contributed by atoms with Gasteiger partial charge in [-0.1, -0.05) is 11.6 Å². The van der Waals surface area contributed by atoms with Crippen LogP contribution in [0.25, 0.3) is 0 Å².